The number of ether oxygens (including phenoxy) is 3. The SMILES string of the molecule is COc1cccc(CCNNC(=O)[C@@]2(C/C=C/c3ccccc3)N=C(c3ccc(OCCCO)cc3)O[C@H]2c2ccc(-c3ccccc3)cc2)c1. The number of hydrogen-bond donors (Lipinski definition) is 3. The number of rotatable bonds is 16. The van der Waals surface area contributed by atoms with E-state index in [2.05, 4.69) is 35.1 Å². The maximum absolute atomic E-state index is 14.5. The summed E-state index contributed by atoms with van der Waals surface area (Å²) >= 11 is 0. The quantitative estimate of drug-likeness (QED) is 0.0744. The number of hydrogen-bond acceptors (Lipinski definition) is 7. The van der Waals surface area contributed by atoms with Gasteiger partial charge in [-0.1, -0.05) is 109 Å². The smallest absolute Gasteiger partial charge is 0.266 e. The Bertz CT molecular complexity index is 1910. The van der Waals surface area contributed by atoms with E-state index >= 15 is 0 Å². The summed E-state index contributed by atoms with van der Waals surface area (Å²) in [6.07, 6.45) is 4.78. The van der Waals surface area contributed by atoms with Gasteiger partial charge in [-0.25, -0.2) is 10.4 Å². The Hall–Kier alpha value is -5.70. The second-order valence-corrected chi connectivity index (χ2v) is 12.3. The van der Waals surface area contributed by atoms with Crippen LogP contribution in [-0.2, 0) is 16.0 Å². The summed E-state index contributed by atoms with van der Waals surface area (Å²) < 4.78 is 17.8. The van der Waals surface area contributed by atoms with Crippen LogP contribution in [0.5, 0.6) is 11.5 Å². The third-order valence-corrected chi connectivity index (χ3v) is 8.76. The molecule has 0 saturated carbocycles. The van der Waals surface area contributed by atoms with Crippen molar-refractivity contribution in [3.63, 3.8) is 0 Å². The maximum atomic E-state index is 14.5. The zero-order chi connectivity index (χ0) is 35.3. The topological polar surface area (TPSA) is 101 Å². The summed E-state index contributed by atoms with van der Waals surface area (Å²) in [7, 11) is 1.65. The van der Waals surface area contributed by atoms with Crippen molar-refractivity contribution >= 4 is 17.9 Å². The number of nitrogens with one attached hydrogen (secondary N) is 2. The molecule has 0 fully saturated rings. The maximum Gasteiger partial charge on any atom is 0.266 e. The molecule has 51 heavy (non-hydrogen) atoms. The first-order valence-electron chi connectivity index (χ1n) is 17.2. The van der Waals surface area contributed by atoms with E-state index in [9.17, 15) is 4.79 Å². The van der Waals surface area contributed by atoms with Crippen LogP contribution in [0.1, 0.15) is 41.2 Å². The van der Waals surface area contributed by atoms with Crippen molar-refractivity contribution < 1.29 is 24.1 Å². The van der Waals surface area contributed by atoms with Gasteiger partial charge >= 0.3 is 0 Å². The minimum Gasteiger partial charge on any atom is -0.497 e. The molecule has 0 saturated heterocycles. The van der Waals surface area contributed by atoms with E-state index in [-0.39, 0.29) is 18.9 Å². The fraction of sp³-hybridized carbons (Fsp3) is 0.209. The van der Waals surface area contributed by atoms with E-state index < -0.39 is 11.6 Å². The predicted octanol–water partition coefficient (Wildman–Crippen LogP) is 7.35. The number of carbonyl (C=O) groups is 1. The molecule has 0 unspecified atom stereocenters. The third-order valence-electron chi connectivity index (χ3n) is 8.76. The van der Waals surface area contributed by atoms with Gasteiger partial charge < -0.3 is 19.3 Å². The minimum atomic E-state index is -1.34. The average Bonchev–Trinajstić information content (AvgIpc) is 3.58. The van der Waals surface area contributed by atoms with Gasteiger partial charge in [-0.2, -0.15) is 0 Å². The molecular weight excluding hydrogens is 638 g/mol. The molecule has 8 heteroatoms. The number of aliphatic imine (C=N–C) groups is 1. The van der Waals surface area contributed by atoms with Gasteiger partial charge in [0.25, 0.3) is 5.91 Å². The Balaban J connectivity index is 1.32. The highest BCUT2D eigenvalue weighted by molar-refractivity contribution is 6.01. The van der Waals surface area contributed by atoms with Crippen LogP contribution in [-0.4, -0.2) is 49.3 Å². The van der Waals surface area contributed by atoms with Crippen LogP contribution in [0.2, 0.25) is 0 Å². The molecule has 3 N–H and O–H groups in total. The number of methoxy groups -OCH3 is 1. The lowest BCUT2D eigenvalue weighted by Crippen LogP contribution is -2.52. The van der Waals surface area contributed by atoms with Gasteiger partial charge in [-0.3, -0.25) is 10.2 Å². The number of nitrogens with zero attached hydrogens (tertiary/aromatic N) is 1. The molecular formula is C43H43N3O5. The molecule has 0 spiro atoms. The molecule has 1 heterocycles. The Labute approximate surface area is 299 Å². The highest BCUT2D eigenvalue weighted by atomic mass is 16.5. The largest absolute Gasteiger partial charge is 0.497 e. The van der Waals surface area contributed by atoms with Crippen LogP contribution in [0.4, 0.5) is 0 Å². The molecule has 0 radical (unpaired) electrons. The Morgan fingerprint density at radius 1 is 0.843 bits per heavy atom. The molecule has 6 rings (SSSR count). The van der Waals surface area contributed by atoms with Crippen molar-refractivity contribution in [3.8, 4) is 22.6 Å². The van der Waals surface area contributed by atoms with Gasteiger partial charge in [0.1, 0.15) is 11.5 Å². The summed E-state index contributed by atoms with van der Waals surface area (Å²) in [5.41, 5.74) is 10.6. The van der Waals surface area contributed by atoms with Crippen molar-refractivity contribution in [2.45, 2.75) is 30.9 Å². The van der Waals surface area contributed by atoms with E-state index in [4.69, 9.17) is 24.3 Å². The lowest BCUT2D eigenvalue weighted by molar-refractivity contribution is -0.129. The van der Waals surface area contributed by atoms with Gasteiger partial charge in [0.2, 0.25) is 5.90 Å². The van der Waals surface area contributed by atoms with Crippen molar-refractivity contribution in [2.75, 3.05) is 26.9 Å². The second-order valence-electron chi connectivity index (χ2n) is 12.3. The van der Waals surface area contributed by atoms with E-state index in [0.29, 0.717) is 37.6 Å². The molecule has 2 atom stereocenters. The van der Waals surface area contributed by atoms with Gasteiger partial charge in [0.05, 0.1) is 13.7 Å². The van der Waals surface area contributed by atoms with Gasteiger partial charge in [0, 0.05) is 31.6 Å². The molecule has 1 amide bonds. The molecule has 0 bridgehead atoms. The van der Waals surface area contributed by atoms with E-state index in [1.54, 1.807) is 7.11 Å². The highest BCUT2D eigenvalue weighted by Gasteiger charge is 2.52. The van der Waals surface area contributed by atoms with Crippen molar-refractivity contribution in [3.05, 3.63) is 162 Å². The number of amides is 1. The Kier molecular flexibility index (Phi) is 11.9. The van der Waals surface area contributed by atoms with Gasteiger partial charge in [-0.15, -0.1) is 0 Å². The first-order valence-corrected chi connectivity index (χ1v) is 17.2. The average molecular weight is 682 g/mol. The van der Waals surface area contributed by atoms with Crippen LogP contribution in [0.15, 0.2) is 145 Å². The van der Waals surface area contributed by atoms with Crippen LogP contribution < -0.4 is 20.3 Å². The third kappa shape index (κ3) is 8.91. The monoisotopic (exact) mass is 681 g/mol. The van der Waals surface area contributed by atoms with Gasteiger partial charge in [0.15, 0.2) is 11.6 Å². The van der Waals surface area contributed by atoms with Crippen LogP contribution in [0.3, 0.4) is 0 Å². The van der Waals surface area contributed by atoms with E-state index in [0.717, 1.165) is 39.1 Å². The van der Waals surface area contributed by atoms with Crippen molar-refractivity contribution in [1.82, 2.24) is 10.9 Å². The highest BCUT2D eigenvalue weighted by Crippen LogP contribution is 2.43. The summed E-state index contributed by atoms with van der Waals surface area (Å²) in [6, 6.07) is 43.6. The van der Waals surface area contributed by atoms with Crippen molar-refractivity contribution in [1.29, 1.82) is 0 Å². The Morgan fingerprint density at radius 3 is 2.27 bits per heavy atom. The summed E-state index contributed by atoms with van der Waals surface area (Å²) in [4.78, 5) is 19.6. The lowest BCUT2D eigenvalue weighted by atomic mass is 9.84. The predicted molar refractivity (Wildman–Crippen MR) is 202 cm³/mol. The minimum absolute atomic E-state index is 0.0647. The summed E-state index contributed by atoms with van der Waals surface area (Å²) in [6.45, 7) is 0.978. The van der Waals surface area contributed by atoms with Crippen molar-refractivity contribution in [2.24, 2.45) is 4.99 Å². The molecule has 5 aromatic rings. The standard InChI is InChI=1S/C43H43N3O5/c1-49-39-17-8-13-33(31-39)26-28-44-46-42(48)43(27-9-14-32-11-4-2-5-12-32)40(36-20-18-35(19-21-36)34-15-6-3-7-16-34)51-41(45-43)37-22-24-38(25-23-37)50-30-10-29-47/h2-9,11-25,31,40,44,47H,10,26-30H2,1H3,(H,46,48)/b14-9+/t40-,43-/m0/s1. The zero-order valence-electron chi connectivity index (χ0n) is 28.7. The normalized spacial score (nSPS) is 16.7. The molecule has 1 aliphatic heterocycles. The van der Waals surface area contributed by atoms with Crippen LogP contribution in [0, 0.1) is 0 Å². The fourth-order valence-electron chi connectivity index (χ4n) is 6.02. The van der Waals surface area contributed by atoms with E-state index in [1.165, 1.54) is 0 Å². The zero-order valence-corrected chi connectivity index (χ0v) is 28.7. The molecule has 0 aromatic heterocycles. The first-order chi connectivity index (χ1) is 25.1. The molecule has 260 valence electrons. The van der Waals surface area contributed by atoms with Crippen LogP contribution >= 0.6 is 0 Å². The van der Waals surface area contributed by atoms with Crippen LogP contribution in [0.25, 0.3) is 17.2 Å². The van der Waals surface area contributed by atoms with Gasteiger partial charge in [-0.05, 0) is 70.6 Å². The molecule has 1 aliphatic rings. The summed E-state index contributed by atoms with van der Waals surface area (Å²) in [5, 5.41) is 9.13. The number of hydrazine groups is 1. The first kappa shape index (κ1) is 35.1. The fourth-order valence-corrected chi connectivity index (χ4v) is 6.02. The number of aliphatic hydroxyl groups is 1. The second kappa shape index (κ2) is 17.3. The number of carbonyl (C=O) groups excluding carboxylic acids is 1. The Morgan fingerprint density at radius 2 is 1.55 bits per heavy atom. The molecule has 8 nitrogen and oxygen atoms in total. The molecule has 5 aromatic carbocycles. The lowest BCUT2D eigenvalue weighted by Gasteiger charge is -2.30. The summed E-state index contributed by atoms with van der Waals surface area (Å²) in [5.74, 6) is 1.53. The molecule has 0 aliphatic carbocycles. The van der Waals surface area contributed by atoms with E-state index in [1.807, 2.05) is 121 Å². The number of aliphatic hydroxyl groups excluding tert-OH is 1. The number of benzene rings is 5.